The van der Waals surface area contributed by atoms with Gasteiger partial charge in [0.05, 0.1) is 7.11 Å². The Morgan fingerprint density at radius 2 is 1.59 bits per heavy atom. The predicted molar refractivity (Wildman–Crippen MR) is 105 cm³/mol. The van der Waals surface area contributed by atoms with Crippen LogP contribution >= 0.6 is 0 Å². The third-order valence-electron chi connectivity index (χ3n) is 4.99. The highest BCUT2D eigenvalue weighted by atomic mass is 16.8. The first-order valence-corrected chi connectivity index (χ1v) is 9.95. The van der Waals surface area contributed by atoms with Crippen LogP contribution in [0.25, 0.3) is 0 Å². The second-order valence-corrected chi connectivity index (χ2v) is 7.07. The smallest absolute Gasteiger partial charge is 0.497 e. The van der Waals surface area contributed by atoms with E-state index in [-0.39, 0.29) is 0 Å². The molecule has 5 heteroatoms. The van der Waals surface area contributed by atoms with Crippen molar-refractivity contribution < 1.29 is 23.7 Å². The van der Waals surface area contributed by atoms with Crippen molar-refractivity contribution in [3.8, 4) is 11.5 Å². The van der Waals surface area contributed by atoms with Gasteiger partial charge in [-0.25, -0.2) is 4.79 Å². The monoisotopic (exact) mass is 376 g/mol. The highest BCUT2D eigenvalue weighted by Gasteiger charge is 2.52. The SMILES string of the molecule is C=C(Oc1ccc(OC)cc1)C1OC(=O)OC1(CCCCC)CCCCC. The highest BCUT2D eigenvalue weighted by molar-refractivity contribution is 5.64. The Kier molecular flexibility index (Phi) is 8.01. The molecule has 0 radical (unpaired) electrons. The van der Waals surface area contributed by atoms with Crippen LogP contribution in [0.5, 0.6) is 11.5 Å². The lowest BCUT2D eigenvalue weighted by atomic mass is 9.84. The molecule has 0 bridgehead atoms. The van der Waals surface area contributed by atoms with Crippen LogP contribution in [0.2, 0.25) is 0 Å². The lowest BCUT2D eigenvalue weighted by Crippen LogP contribution is -2.42. The van der Waals surface area contributed by atoms with Crippen LogP contribution in [0.3, 0.4) is 0 Å². The van der Waals surface area contributed by atoms with Crippen LogP contribution < -0.4 is 9.47 Å². The normalized spacial score (nSPS) is 17.9. The van der Waals surface area contributed by atoms with Gasteiger partial charge < -0.3 is 18.9 Å². The molecule has 1 fully saturated rings. The Hall–Kier alpha value is -2.17. The molecule has 2 rings (SSSR count). The second kappa shape index (κ2) is 10.2. The largest absolute Gasteiger partial charge is 0.509 e. The van der Waals surface area contributed by atoms with Gasteiger partial charge in [-0.15, -0.1) is 0 Å². The van der Waals surface area contributed by atoms with Crippen molar-refractivity contribution in [3.05, 3.63) is 36.6 Å². The molecular formula is C22H32O5. The van der Waals surface area contributed by atoms with E-state index in [4.69, 9.17) is 18.9 Å². The zero-order valence-electron chi connectivity index (χ0n) is 16.8. The minimum atomic E-state index is -0.690. The Morgan fingerprint density at radius 1 is 1.04 bits per heavy atom. The summed E-state index contributed by atoms with van der Waals surface area (Å²) in [5.41, 5.74) is -0.690. The molecule has 1 aromatic carbocycles. The molecule has 0 N–H and O–H groups in total. The standard InChI is InChI=1S/C22H32O5/c1-5-7-9-15-22(16-10-8-6-2)20(26-21(23)27-22)17(3)25-19-13-11-18(24-4)12-14-19/h11-14,20H,3,5-10,15-16H2,1-2,4H3. The summed E-state index contributed by atoms with van der Waals surface area (Å²) in [4.78, 5) is 12.0. The molecular weight excluding hydrogens is 344 g/mol. The average Bonchev–Trinajstić information content (AvgIpc) is 2.99. The first kappa shape index (κ1) is 21.1. The van der Waals surface area contributed by atoms with Gasteiger partial charge in [-0.2, -0.15) is 0 Å². The first-order chi connectivity index (χ1) is 13.0. The molecule has 1 heterocycles. The number of ether oxygens (including phenoxy) is 4. The zero-order valence-corrected chi connectivity index (χ0v) is 16.8. The number of carbonyl (C=O) groups excluding carboxylic acids is 1. The lowest BCUT2D eigenvalue weighted by Gasteiger charge is -2.31. The maximum Gasteiger partial charge on any atom is 0.509 e. The van der Waals surface area contributed by atoms with Crippen molar-refractivity contribution in [1.29, 1.82) is 0 Å². The van der Waals surface area contributed by atoms with Crippen molar-refractivity contribution in [2.75, 3.05) is 7.11 Å². The average molecular weight is 376 g/mol. The molecule has 1 aliphatic heterocycles. The van der Waals surface area contributed by atoms with Crippen molar-refractivity contribution in [2.45, 2.75) is 76.9 Å². The minimum absolute atomic E-state index is 0.402. The fourth-order valence-electron chi connectivity index (χ4n) is 3.49. The number of rotatable bonds is 12. The van der Waals surface area contributed by atoms with Gasteiger partial charge in [0.1, 0.15) is 17.3 Å². The quantitative estimate of drug-likeness (QED) is 0.253. The Morgan fingerprint density at radius 3 is 2.11 bits per heavy atom. The summed E-state index contributed by atoms with van der Waals surface area (Å²) in [6, 6.07) is 7.24. The van der Waals surface area contributed by atoms with E-state index in [1.165, 1.54) is 0 Å². The minimum Gasteiger partial charge on any atom is -0.497 e. The van der Waals surface area contributed by atoms with E-state index in [9.17, 15) is 4.79 Å². The van der Waals surface area contributed by atoms with Gasteiger partial charge in [-0.3, -0.25) is 0 Å². The summed E-state index contributed by atoms with van der Waals surface area (Å²) in [6.07, 6.45) is 6.63. The predicted octanol–water partition coefficient (Wildman–Crippen LogP) is 6.02. The van der Waals surface area contributed by atoms with Gasteiger partial charge in [0, 0.05) is 0 Å². The summed E-state index contributed by atoms with van der Waals surface area (Å²) < 4.78 is 22.3. The molecule has 1 unspecified atom stereocenters. The van der Waals surface area contributed by atoms with Crippen LogP contribution in [-0.2, 0) is 9.47 Å². The molecule has 1 atom stereocenters. The Labute approximate surface area is 162 Å². The molecule has 1 aromatic rings. The fraction of sp³-hybridized carbons (Fsp3) is 0.591. The number of cyclic esters (lactones) is 2. The number of hydrogen-bond donors (Lipinski definition) is 0. The molecule has 0 aromatic heterocycles. The van der Waals surface area contributed by atoms with Crippen molar-refractivity contribution in [2.24, 2.45) is 0 Å². The number of carbonyl (C=O) groups is 1. The molecule has 1 aliphatic rings. The third kappa shape index (κ3) is 5.65. The van der Waals surface area contributed by atoms with Gasteiger partial charge in [-0.05, 0) is 49.9 Å². The topological polar surface area (TPSA) is 54.0 Å². The summed E-state index contributed by atoms with van der Waals surface area (Å²) in [7, 11) is 1.62. The van der Waals surface area contributed by atoms with Gasteiger partial charge in [0.2, 0.25) is 6.10 Å². The highest BCUT2D eigenvalue weighted by Crippen LogP contribution is 2.40. The van der Waals surface area contributed by atoms with Crippen molar-refractivity contribution >= 4 is 6.16 Å². The van der Waals surface area contributed by atoms with E-state index in [1.807, 2.05) is 12.1 Å². The lowest BCUT2D eigenvalue weighted by molar-refractivity contribution is 0.00965. The van der Waals surface area contributed by atoms with E-state index in [0.29, 0.717) is 11.5 Å². The van der Waals surface area contributed by atoms with E-state index >= 15 is 0 Å². The van der Waals surface area contributed by atoms with Gasteiger partial charge in [-0.1, -0.05) is 46.1 Å². The van der Waals surface area contributed by atoms with Crippen LogP contribution in [0.4, 0.5) is 4.79 Å². The zero-order chi connectivity index (χ0) is 19.7. The molecule has 0 amide bonds. The van der Waals surface area contributed by atoms with E-state index in [0.717, 1.165) is 57.1 Å². The number of hydrogen-bond acceptors (Lipinski definition) is 5. The molecule has 1 saturated heterocycles. The molecule has 0 aliphatic carbocycles. The van der Waals surface area contributed by atoms with Crippen LogP contribution in [0, 0.1) is 0 Å². The summed E-state index contributed by atoms with van der Waals surface area (Å²) >= 11 is 0. The van der Waals surface area contributed by atoms with Gasteiger partial charge >= 0.3 is 6.16 Å². The van der Waals surface area contributed by atoms with Crippen LogP contribution in [-0.4, -0.2) is 25.0 Å². The fourth-order valence-corrected chi connectivity index (χ4v) is 3.49. The molecule has 0 spiro atoms. The molecule has 5 nitrogen and oxygen atoms in total. The first-order valence-electron chi connectivity index (χ1n) is 9.95. The summed E-state index contributed by atoms with van der Waals surface area (Å²) in [5.74, 6) is 1.77. The number of unbranched alkanes of at least 4 members (excludes halogenated alkanes) is 4. The Bertz CT molecular complexity index is 598. The summed E-state index contributed by atoms with van der Waals surface area (Å²) in [6.45, 7) is 8.36. The molecule has 0 saturated carbocycles. The van der Waals surface area contributed by atoms with Crippen molar-refractivity contribution in [1.82, 2.24) is 0 Å². The Balaban J connectivity index is 2.14. The van der Waals surface area contributed by atoms with Gasteiger partial charge in [0.15, 0.2) is 5.60 Å². The maximum atomic E-state index is 12.0. The van der Waals surface area contributed by atoms with Crippen molar-refractivity contribution in [3.63, 3.8) is 0 Å². The number of methoxy groups -OCH3 is 1. The summed E-state index contributed by atoms with van der Waals surface area (Å²) in [5, 5.41) is 0. The third-order valence-corrected chi connectivity index (χ3v) is 4.99. The van der Waals surface area contributed by atoms with E-state index < -0.39 is 17.9 Å². The second-order valence-electron chi connectivity index (χ2n) is 7.07. The van der Waals surface area contributed by atoms with E-state index in [2.05, 4.69) is 20.4 Å². The maximum absolute atomic E-state index is 12.0. The van der Waals surface area contributed by atoms with Gasteiger partial charge in [0.25, 0.3) is 0 Å². The van der Waals surface area contributed by atoms with E-state index in [1.54, 1.807) is 19.2 Å². The molecule has 150 valence electrons. The number of benzene rings is 1. The van der Waals surface area contributed by atoms with Crippen LogP contribution in [0.15, 0.2) is 36.6 Å². The van der Waals surface area contributed by atoms with Crippen LogP contribution in [0.1, 0.15) is 65.2 Å². The molecule has 27 heavy (non-hydrogen) atoms.